The van der Waals surface area contributed by atoms with Crippen molar-refractivity contribution in [2.45, 2.75) is 6.92 Å². The zero-order valence-corrected chi connectivity index (χ0v) is 8.03. The van der Waals surface area contributed by atoms with E-state index >= 15 is 0 Å². The number of methoxy groups -OCH3 is 1. The summed E-state index contributed by atoms with van der Waals surface area (Å²) in [5.41, 5.74) is 0. The third-order valence-electron chi connectivity index (χ3n) is 1.70. The van der Waals surface area contributed by atoms with Gasteiger partial charge in [-0.05, 0) is 13.0 Å². The summed E-state index contributed by atoms with van der Waals surface area (Å²) in [6, 6.07) is 3.67. The third-order valence-corrected chi connectivity index (χ3v) is 1.70. The fourth-order valence-electron chi connectivity index (χ4n) is 0.963. The molecule has 0 saturated heterocycles. The van der Waals surface area contributed by atoms with Crippen LogP contribution in [0.25, 0.3) is 0 Å². The summed E-state index contributed by atoms with van der Waals surface area (Å²) in [5, 5.41) is 0. The molecule has 13 heavy (non-hydrogen) atoms. The lowest BCUT2D eigenvalue weighted by Gasteiger charge is -2.13. The zero-order valence-electron chi connectivity index (χ0n) is 8.03. The molecule has 72 valence electrons. The minimum Gasteiger partial charge on any atom is -0.468 e. The molecule has 0 radical (unpaired) electrons. The Balaban J connectivity index is 2.58. The zero-order chi connectivity index (χ0) is 9.84. The van der Waals surface area contributed by atoms with Gasteiger partial charge in [0.25, 0.3) is 0 Å². The maximum absolute atomic E-state index is 10.9. The fourth-order valence-corrected chi connectivity index (χ4v) is 0.963. The van der Waals surface area contributed by atoms with Crippen molar-refractivity contribution in [1.82, 2.24) is 0 Å². The number of esters is 1. The van der Waals surface area contributed by atoms with E-state index in [-0.39, 0.29) is 12.5 Å². The summed E-state index contributed by atoms with van der Waals surface area (Å²) in [5.74, 6) is 1.21. The average molecular weight is 183 g/mol. The second-order valence-electron chi connectivity index (χ2n) is 2.82. The van der Waals surface area contributed by atoms with E-state index < -0.39 is 0 Å². The summed E-state index contributed by atoms with van der Waals surface area (Å²) in [7, 11) is 3.14. The number of aryl methyl sites for hydroxylation is 1. The summed E-state index contributed by atoms with van der Waals surface area (Å²) in [6.45, 7) is 2.05. The second-order valence-corrected chi connectivity index (χ2v) is 2.82. The number of hydrogen-bond donors (Lipinski definition) is 0. The number of anilines is 1. The molecular formula is C9H13NO3. The van der Waals surface area contributed by atoms with Gasteiger partial charge in [-0.1, -0.05) is 0 Å². The van der Waals surface area contributed by atoms with Gasteiger partial charge in [0.1, 0.15) is 12.3 Å². The Hall–Kier alpha value is -1.45. The lowest BCUT2D eigenvalue weighted by Crippen LogP contribution is -2.25. The van der Waals surface area contributed by atoms with Gasteiger partial charge >= 0.3 is 5.97 Å². The number of nitrogens with zero attached hydrogens (tertiary/aromatic N) is 1. The van der Waals surface area contributed by atoms with Crippen LogP contribution in [0.1, 0.15) is 5.76 Å². The van der Waals surface area contributed by atoms with Gasteiger partial charge in [0.2, 0.25) is 0 Å². The van der Waals surface area contributed by atoms with Crippen molar-refractivity contribution in [3.05, 3.63) is 17.9 Å². The van der Waals surface area contributed by atoms with E-state index in [2.05, 4.69) is 4.74 Å². The predicted molar refractivity (Wildman–Crippen MR) is 48.7 cm³/mol. The first-order valence-electron chi connectivity index (χ1n) is 3.98. The van der Waals surface area contributed by atoms with E-state index in [0.717, 1.165) is 5.76 Å². The summed E-state index contributed by atoms with van der Waals surface area (Å²) in [4.78, 5) is 12.6. The topological polar surface area (TPSA) is 42.7 Å². The van der Waals surface area contributed by atoms with Crippen LogP contribution >= 0.6 is 0 Å². The Bertz CT molecular complexity index is 293. The Morgan fingerprint density at radius 3 is 2.77 bits per heavy atom. The van der Waals surface area contributed by atoms with Crippen LogP contribution in [-0.4, -0.2) is 26.7 Å². The smallest absolute Gasteiger partial charge is 0.325 e. The Morgan fingerprint density at radius 2 is 2.31 bits per heavy atom. The maximum atomic E-state index is 10.9. The first kappa shape index (κ1) is 9.64. The van der Waals surface area contributed by atoms with E-state index in [1.807, 2.05) is 19.1 Å². The first-order chi connectivity index (χ1) is 6.13. The molecule has 1 aromatic rings. The lowest BCUT2D eigenvalue weighted by atomic mass is 10.5. The molecule has 1 rings (SSSR count). The quantitative estimate of drug-likeness (QED) is 0.660. The molecule has 0 saturated carbocycles. The molecule has 0 aliphatic heterocycles. The van der Waals surface area contributed by atoms with Crippen LogP contribution in [0.15, 0.2) is 16.5 Å². The van der Waals surface area contributed by atoms with Crippen molar-refractivity contribution in [2.75, 3.05) is 25.6 Å². The van der Waals surface area contributed by atoms with Crippen LogP contribution < -0.4 is 4.90 Å². The molecule has 0 aromatic carbocycles. The van der Waals surface area contributed by atoms with Crippen LogP contribution in [0.3, 0.4) is 0 Å². The van der Waals surface area contributed by atoms with Crippen LogP contribution in [-0.2, 0) is 9.53 Å². The molecule has 0 N–H and O–H groups in total. The van der Waals surface area contributed by atoms with Crippen molar-refractivity contribution < 1.29 is 13.9 Å². The molecule has 4 heteroatoms. The summed E-state index contributed by atoms with van der Waals surface area (Å²) < 4.78 is 9.84. The van der Waals surface area contributed by atoms with Gasteiger partial charge in [-0.2, -0.15) is 0 Å². The van der Waals surface area contributed by atoms with Crippen LogP contribution in [0.2, 0.25) is 0 Å². The van der Waals surface area contributed by atoms with E-state index in [4.69, 9.17) is 4.42 Å². The predicted octanol–water partition coefficient (Wildman–Crippen LogP) is 1.20. The van der Waals surface area contributed by atoms with E-state index in [0.29, 0.717) is 5.88 Å². The Morgan fingerprint density at radius 1 is 1.62 bits per heavy atom. The molecule has 4 nitrogen and oxygen atoms in total. The number of furan rings is 1. The SMILES string of the molecule is COC(=O)CN(C)c1ccc(C)o1. The van der Waals surface area contributed by atoms with Gasteiger partial charge in [-0.15, -0.1) is 0 Å². The average Bonchev–Trinajstić information content (AvgIpc) is 2.51. The lowest BCUT2D eigenvalue weighted by molar-refractivity contribution is -0.138. The van der Waals surface area contributed by atoms with E-state index in [1.165, 1.54) is 7.11 Å². The minimum atomic E-state index is -0.281. The maximum Gasteiger partial charge on any atom is 0.325 e. The van der Waals surface area contributed by atoms with Crippen LogP contribution in [0.5, 0.6) is 0 Å². The monoisotopic (exact) mass is 183 g/mol. The third kappa shape index (κ3) is 2.50. The fraction of sp³-hybridized carbons (Fsp3) is 0.444. The highest BCUT2D eigenvalue weighted by molar-refractivity contribution is 5.74. The number of rotatable bonds is 3. The van der Waals surface area contributed by atoms with Gasteiger partial charge in [0.05, 0.1) is 7.11 Å². The number of ether oxygens (including phenoxy) is 1. The number of carbonyl (C=O) groups is 1. The molecule has 0 aliphatic carbocycles. The minimum absolute atomic E-state index is 0.198. The van der Waals surface area contributed by atoms with Gasteiger partial charge in [0, 0.05) is 13.1 Å². The standard InChI is InChI=1S/C9H13NO3/c1-7-4-5-8(13-7)10(2)6-9(11)12-3/h4-5H,6H2,1-3H3. The largest absolute Gasteiger partial charge is 0.468 e. The molecule has 0 aliphatic rings. The second kappa shape index (κ2) is 3.98. The van der Waals surface area contributed by atoms with E-state index in [9.17, 15) is 4.79 Å². The van der Waals surface area contributed by atoms with E-state index in [1.54, 1.807) is 11.9 Å². The van der Waals surface area contributed by atoms with Crippen molar-refractivity contribution in [3.8, 4) is 0 Å². The highest BCUT2D eigenvalue weighted by atomic mass is 16.5. The molecule has 0 spiro atoms. The van der Waals surface area contributed by atoms with Gasteiger partial charge in [0.15, 0.2) is 5.88 Å². The van der Waals surface area contributed by atoms with Crippen molar-refractivity contribution in [1.29, 1.82) is 0 Å². The van der Waals surface area contributed by atoms with Crippen LogP contribution in [0.4, 0.5) is 5.88 Å². The normalized spacial score (nSPS) is 9.77. The number of likely N-dealkylation sites (N-methyl/N-ethyl adjacent to an activating group) is 1. The molecule has 1 heterocycles. The molecule has 0 fully saturated rings. The molecule has 0 atom stereocenters. The van der Waals surface area contributed by atoms with Gasteiger partial charge in [-0.25, -0.2) is 0 Å². The number of hydrogen-bond acceptors (Lipinski definition) is 4. The summed E-state index contributed by atoms with van der Waals surface area (Å²) in [6.07, 6.45) is 0. The van der Waals surface area contributed by atoms with Gasteiger partial charge in [-0.3, -0.25) is 4.79 Å². The van der Waals surface area contributed by atoms with Crippen molar-refractivity contribution in [2.24, 2.45) is 0 Å². The molecule has 0 unspecified atom stereocenters. The molecular weight excluding hydrogens is 170 g/mol. The van der Waals surface area contributed by atoms with Crippen LogP contribution in [0, 0.1) is 6.92 Å². The van der Waals surface area contributed by atoms with Crippen molar-refractivity contribution >= 4 is 11.9 Å². The molecule has 0 bridgehead atoms. The first-order valence-corrected chi connectivity index (χ1v) is 3.98. The summed E-state index contributed by atoms with van der Waals surface area (Å²) >= 11 is 0. The highest BCUT2D eigenvalue weighted by Gasteiger charge is 2.09. The number of carbonyl (C=O) groups excluding carboxylic acids is 1. The van der Waals surface area contributed by atoms with Gasteiger partial charge < -0.3 is 14.1 Å². The Kier molecular flexibility index (Phi) is 2.95. The molecule has 1 aromatic heterocycles. The Labute approximate surface area is 77.1 Å². The van der Waals surface area contributed by atoms with Crippen molar-refractivity contribution in [3.63, 3.8) is 0 Å². The highest BCUT2D eigenvalue weighted by Crippen LogP contribution is 2.15. The molecule has 0 amide bonds.